The minimum atomic E-state index is -1.02. The lowest BCUT2D eigenvalue weighted by Gasteiger charge is -2.04. The van der Waals surface area contributed by atoms with E-state index in [0.29, 0.717) is 28.2 Å². The summed E-state index contributed by atoms with van der Waals surface area (Å²) in [7, 11) is 0. The van der Waals surface area contributed by atoms with Crippen molar-refractivity contribution in [2.24, 2.45) is 0 Å². The average molecular weight is 254 g/mol. The molecule has 0 spiro atoms. The fraction of sp³-hybridized carbons (Fsp3) is 0.0769. The second-order valence-electron chi connectivity index (χ2n) is 4.07. The minimum Gasteiger partial charge on any atom is -0.478 e. The Morgan fingerprint density at radius 2 is 2.16 bits per heavy atom. The Kier molecular flexibility index (Phi) is 2.49. The summed E-state index contributed by atoms with van der Waals surface area (Å²) in [5.74, 6) is -0.456. The predicted molar refractivity (Wildman–Crippen MR) is 68.8 cm³/mol. The molecule has 3 aromatic rings. The van der Waals surface area contributed by atoms with Crippen LogP contribution in [-0.2, 0) is 0 Å². The van der Waals surface area contributed by atoms with Crippen LogP contribution in [0.4, 0.5) is 0 Å². The number of aromatic nitrogens is 4. The van der Waals surface area contributed by atoms with Gasteiger partial charge in [0.2, 0.25) is 0 Å². The van der Waals surface area contributed by atoms with Gasteiger partial charge in [0, 0.05) is 12.4 Å². The first-order valence-corrected chi connectivity index (χ1v) is 5.67. The Morgan fingerprint density at radius 1 is 1.32 bits per heavy atom. The quantitative estimate of drug-likeness (QED) is 0.730. The van der Waals surface area contributed by atoms with Crippen LogP contribution in [0, 0.1) is 6.92 Å². The van der Waals surface area contributed by atoms with E-state index >= 15 is 0 Å². The Balaban J connectivity index is 2.39. The molecule has 94 valence electrons. The second kappa shape index (κ2) is 4.16. The second-order valence-corrected chi connectivity index (χ2v) is 4.07. The summed E-state index contributed by atoms with van der Waals surface area (Å²) >= 11 is 0. The number of aromatic amines is 1. The molecule has 0 amide bonds. The molecule has 19 heavy (non-hydrogen) atoms. The monoisotopic (exact) mass is 254 g/mol. The van der Waals surface area contributed by atoms with Crippen molar-refractivity contribution in [2.45, 2.75) is 6.92 Å². The summed E-state index contributed by atoms with van der Waals surface area (Å²) in [4.78, 5) is 26.9. The molecule has 0 aromatic carbocycles. The van der Waals surface area contributed by atoms with E-state index in [4.69, 9.17) is 0 Å². The zero-order valence-corrected chi connectivity index (χ0v) is 10.1. The first kappa shape index (κ1) is 11.3. The molecule has 6 heteroatoms. The number of carboxylic acid groups (broad SMARTS) is 1. The van der Waals surface area contributed by atoms with E-state index in [-0.39, 0.29) is 5.56 Å². The molecule has 0 atom stereocenters. The van der Waals surface area contributed by atoms with Crippen molar-refractivity contribution in [3.05, 3.63) is 42.0 Å². The van der Waals surface area contributed by atoms with E-state index in [9.17, 15) is 9.90 Å². The number of aromatic carboxylic acids is 1. The van der Waals surface area contributed by atoms with Crippen LogP contribution in [0.3, 0.4) is 0 Å². The summed E-state index contributed by atoms with van der Waals surface area (Å²) in [5.41, 5.74) is 1.81. The number of nitrogens with zero attached hydrogens (tertiary/aromatic N) is 3. The third kappa shape index (κ3) is 1.83. The number of carboxylic acids is 1. The van der Waals surface area contributed by atoms with Gasteiger partial charge in [-0.25, -0.2) is 14.8 Å². The zero-order chi connectivity index (χ0) is 13.4. The highest BCUT2D eigenvalue weighted by molar-refractivity contribution is 6.07. The number of aryl methyl sites for hydroxylation is 1. The summed E-state index contributed by atoms with van der Waals surface area (Å²) in [6.07, 6.45) is 3.07. The molecule has 0 aliphatic heterocycles. The lowest BCUT2D eigenvalue weighted by molar-refractivity contribution is 0.0699. The lowest BCUT2D eigenvalue weighted by Crippen LogP contribution is -1.99. The Hall–Kier alpha value is -2.76. The van der Waals surface area contributed by atoms with Crippen LogP contribution in [0.1, 0.15) is 16.2 Å². The maximum atomic E-state index is 11.2. The molecular weight excluding hydrogens is 244 g/mol. The molecule has 0 radical (unpaired) electrons. The summed E-state index contributed by atoms with van der Waals surface area (Å²) in [6.45, 7) is 1.76. The molecule has 0 saturated carbocycles. The summed E-state index contributed by atoms with van der Waals surface area (Å²) < 4.78 is 0. The number of hydrogen-bond donors (Lipinski definition) is 2. The van der Waals surface area contributed by atoms with Crippen LogP contribution >= 0.6 is 0 Å². The van der Waals surface area contributed by atoms with Gasteiger partial charge in [-0.1, -0.05) is 6.07 Å². The van der Waals surface area contributed by atoms with Crippen LogP contribution in [0.5, 0.6) is 0 Å². The van der Waals surface area contributed by atoms with E-state index in [2.05, 4.69) is 19.9 Å². The largest absolute Gasteiger partial charge is 0.478 e. The molecule has 0 saturated heterocycles. The Labute approximate surface area is 108 Å². The SMILES string of the molecule is Cc1nc(-c2ccccn2)c2c(C(=O)O)c[nH]c2n1. The number of nitrogens with one attached hydrogen (secondary N) is 1. The highest BCUT2D eigenvalue weighted by Gasteiger charge is 2.18. The van der Waals surface area contributed by atoms with E-state index in [1.165, 1.54) is 6.20 Å². The number of hydrogen-bond acceptors (Lipinski definition) is 4. The first-order valence-electron chi connectivity index (χ1n) is 5.67. The van der Waals surface area contributed by atoms with Crippen molar-refractivity contribution >= 4 is 17.0 Å². The van der Waals surface area contributed by atoms with Gasteiger partial charge in [-0.2, -0.15) is 0 Å². The van der Waals surface area contributed by atoms with Gasteiger partial charge in [0.15, 0.2) is 0 Å². The molecule has 6 nitrogen and oxygen atoms in total. The number of H-pyrrole nitrogens is 1. The maximum absolute atomic E-state index is 11.2. The molecule has 3 rings (SSSR count). The van der Waals surface area contributed by atoms with Gasteiger partial charge < -0.3 is 10.1 Å². The van der Waals surface area contributed by atoms with Crippen molar-refractivity contribution in [3.8, 4) is 11.4 Å². The van der Waals surface area contributed by atoms with E-state index in [1.54, 1.807) is 25.3 Å². The van der Waals surface area contributed by atoms with Crippen LogP contribution in [0.25, 0.3) is 22.4 Å². The lowest BCUT2D eigenvalue weighted by atomic mass is 10.1. The Bertz CT molecular complexity index is 765. The van der Waals surface area contributed by atoms with Crippen molar-refractivity contribution in [2.75, 3.05) is 0 Å². The first-order chi connectivity index (χ1) is 9.16. The smallest absolute Gasteiger partial charge is 0.338 e. The third-order valence-corrected chi connectivity index (χ3v) is 2.78. The molecule has 0 fully saturated rings. The fourth-order valence-corrected chi connectivity index (χ4v) is 2.00. The standard InChI is InChI=1S/C13H10N4O2/c1-7-16-11(9-4-2-3-5-14-9)10-8(13(18)19)6-15-12(10)17-7/h2-6H,1H3,(H,18,19)(H,15,16,17). The van der Waals surface area contributed by atoms with Gasteiger partial charge in [-0.15, -0.1) is 0 Å². The zero-order valence-electron chi connectivity index (χ0n) is 10.1. The number of rotatable bonds is 2. The van der Waals surface area contributed by atoms with Crippen LogP contribution in [0.2, 0.25) is 0 Å². The van der Waals surface area contributed by atoms with Crippen LogP contribution < -0.4 is 0 Å². The van der Waals surface area contributed by atoms with E-state index < -0.39 is 5.97 Å². The molecule has 2 N–H and O–H groups in total. The number of fused-ring (bicyclic) bond motifs is 1. The minimum absolute atomic E-state index is 0.149. The maximum Gasteiger partial charge on any atom is 0.338 e. The van der Waals surface area contributed by atoms with Gasteiger partial charge >= 0.3 is 5.97 Å². The van der Waals surface area contributed by atoms with Crippen molar-refractivity contribution < 1.29 is 9.90 Å². The fourth-order valence-electron chi connectivity index (χ4n) is 2.00. The topological polar surface area (TPSA) is 91.8 Å². The van der Waals surface area contributed by atoms with Crippen LogP contribution in [0.15, 0.2) is 30.6 Å². The van der Waals surface area contributed by atoms with Gasteiger partial charge in [0.1, 0.15) is 17.2 Å². The molecular formula is C13H10N4O2. The van der Waals surface area contributed by atoms with Crippen molar-refractivity contribution in [3.63, 3.8) is 0 Å². The van der Waals surface area contributed by atoms with Crippen molar-refractivity contribution in [1.82, 2.24) is 19.9 Å². The summed E-state index contributed by atoms with van der Waals surface area (Å²) in [5, 5.41) is 9.70. The molecule has 0 aliphatic rings. The molecule has 0 unspecified atom stereocenters. The van der Waals surface area contributed by atoms with E-state index in [0.717, 1.165) is 0 Å². The summed E-state index contributed by atoms with van der Waals surface area (Å²) in [6, 6.07) is 5.42. The third-order valence-electron chi connectivity index (χ3n) is 2.78. The molecule has 3 heterocycles. The van der Waals surface area contributed by atoms with Crippen molar-refractivity contribution in [1.29, 1.82) is 0 Å². The van der Waals surface area contributed by atoms with Gasteiger partial charge in [-0.3, -0.25) is 4.98 Å². The van der Waals surface area contributed by atoms with Gasteiger partial charge in [0.25, 0.3) is 0 Å². The number of carbonyl (C=O) groups is 1. The number of pyridine rings is 1. The van der Waals surface area contributed by atoms with Gasteiger partial charge in [-0.05, 0) is 19.1 Å². The Morgan fingerprint density at radius 3 is 2.84 bits per heavy atom. The van der Waals surface area contributed by atoms with Crippen LogP contribution in [-0.4, -0.2) is 31.0 Å². The molecule has 0 aliphatic carbocycles. The van der Waals surface area contributed by atoms with Gasteiger partial charge in [0.05, 0.1) is 16.6 Å². The highest BCUT2D eigenvalue weighted by Crippen LogP contribution is 2.27. The highest BCUT2D eigenvalue weighted by atomic mass is 16.4. The average Bonchev–Trinajstić information content (AvgIpc) is 2.82. The van der Waals surface area contributed by atoms with E-state index in [1.807, 2.05) is 6.07 Å². The predicted octanol–water partition coefficient (Wildman–Crippen LogP) is 2.03. The normalized spacial score (nSPS) is 10.8. The molecule has 3 aromatic heterocycles. The molecule has 0 bridgehead atoms.